The standard InChI is InChI=1S/C6H9OP/c1-6-4-3-5-8(6,2)7/h3-5H,1-2H3. The van der Waals surface area contributed by atoms with Crippen LogP contribution in [0, 0.1) is 0 Å². The van der Waals surface area contributed by atoms with Gasteiger partial charge < -0.3 is 4.57 Å². The summed E-state index contributed by atoms with van der Waals surface area (Å²) >= 11 is 0. The van der Waals surface area contributed by atoms with Gasteiger partial charge in [-0.15, -0.1) is 0 Å². The molecule has 0 aromatic carbocycles. The zero-order valence-electron chi connectivity index (χ0n) is 5.09. The lowest BCUT2D eigenvalue weighted by Crippen LogP contribution is -1.67. The Morgan fingerprint density at radius 1 is 1.62 bits per heavy atom. The van der Waals surface area contributed by atoms with Crippen molar-refractivity contribution in [2.75, 3.05) is 6.66 Å². The van der Waals surface area contributed by atoms with Crippen LogP contribution >= 0.6 is 7.14 Å². The molecule has 0 spiro atoms. The molecule has 0 saturated heterocycles. The van der Waals surface area contributed by atoms with E-state index >= 15 is 0 Å². The Balaban J connectivity index is 3.06. The first kappa shape index (κ1) is 5.84. The highest BCUT2D eigenvalue weighted by molar-refractivity contribution is 7.70. The summed E-state index contributed by atoms with van der Waals surface area (Å²) in [5, 5.41) is 1.01. The summed E-state index contributed by atoms with van der Waals surface area (Å²) in [6.07, 6.45) is 3.76. The molecule has 0 aromatic rings. The second kappa shape index (κ2) is 1.60. The zero-order chi connectivity index (χ0) is 6.20. The molecule has 2 heteroatoms. The SMILES string of the molecule is CC1=CC=CP1(C)=O. The van der Waals surface area contributed by atoms with Crippen molar-refractivity contribution < 1.29 is 4.57 Å². The first-order valence-corrected chi connectivity index (χ1v) is 4.79. The van der Waals surface area contributed by atoms with Gasteiger partial charge in [-0.3, -0.25) is 0 Å². The molecular weight excluding hydrogens is 119 g/mol. The molecule has 0 amide bonds. The van der Waals surface area contributed by atoms with Crippen molar-refractivity contribution >= 4 is 7.14 Å². The number of rotatable bonds is 0. The molecule has 0 bridgehead atoms. The Labute approximate surface area is 49.5 Å². The third kappa shape index (κ3) is 0.784. The van der Waals surface area contributed by atoms with Crippen LogP contribution in [0.1, 0.15) is 6.92 Å². The number of hydrogen-bond acceptors (Lipinski definition) is 1. The van der Waals surface area contributed by atoms with Gasteiger partial charge in [0.05, 0.1) is 0 Å². The Hall–Kier alpha value is -0.290. The quantitative estimate of drug-likeness (QED) is 0.458. The van der Waals surface area contributed by atoms with Crippen LogP contribution in [-0.2, 0) is 4.57 Å². The maximum atomic E-state index is 11.2. The topological polar surface area (TPSA) is 17.1 Å². The molecule has 1 heterocycles. The molecule has 0 saturated carbocycles. The van der Waals surface area contributed by atoms with Gasteiger partial charge in [-0.25, -0.2) is 0 Å². The second-order valence-electron chi connectivity index (χ2n) is 2.14. The van der Waals surface area contributed by atoms with Crippen molar-refractivity contribution in [1.29, 1.82) is 0 Å². The first-order chi connectivity index (χ1) is 3.63. The summed E-state index contributed by atoms with van der Waals surface area (Å²) in [6.45, 7) is 3.68. The molecule has 0 fully saturated rings. The minimum atomic E-state index is -1.95. The molecular formula is C6H9OP. The molecule has 1 atom stereocenters. The van der Waals surface area contributed by atoms with Crippen molar-refractivity contribution in [2.45, 2.75) is 6.92 Å². The highest BCUT2D eigenvalue weighted by Crippen LogP contribution is 2.54. The predicted molar refractivity (Wildman–Crippen MR) is 36.4 cm³/mol. The maximum absolute atomic E-state index is 11.2. The minimum absolute atomic E-state index is 1.01. The lowest BCUT2D eigenvalue weighted by atomic mass is 10.5. The summed E-state index contributed by atoms with van der Waals surface area (Å²) in [5.41, 5.74) is 0. The van der Waals surface area contributed by atoms with Crippen LogP contribution in [0.15, 0.2) is 23.3 Å². The molecule has 1 aliphatic heterocycles. The van der Waals surface area contributed by atoms with E-state index in [1.807, 2.05) is 19.1 Å². The molecule has 0 N–H and O–H groups in total. The van der Waals surface area contributed by atoms with E-state index in [0.29, 0.717) is 0 Å². The fourth-order valence-corrected chi connectivity index (χ4v) is 1.64. The number of hydrogen-bond donors (Lipinski definition) is 0. The number of allylic oxidation sites excluding steroid dienone is 3. The average molecular weight is 128 g/mol. The van der Waals surface area contributed by atoms with Crippen molar-refractivity contribution in [2.24, 2.45) is 0 Å². The fourth-order valence-electron chi connectivity index (χ4n) is 0.612. The van der Waals surface area contributed by atoms with E-state index in [1.54, 1.807) is 12.5 Å². The van der Waals surface area contributed by atoms with Crippen molar-refractivity contribution in [1.82, 2.24) is 0 Å². The largest absolute Gasteiger partial charge is 0.315 e. The van der Waals surface area contributed by atoms with Gasteiger partial charge in [-0.2, -0.15) is 0 Å². The predicted octanol–water partition coefficient (Wildman–Crippen LogP) is 2.41. The van der Waals surface area contributed by atoms with Crippen LogP contribution in [0.2, 0.25) is 0 Å². The molecule has 0 aromatic heterocycles. The smallest absolute Gasteiger partial charge is 0.129 e. The first-order valence-electron chi connectivity index (χ1n) is 2.57. The van der Waals surface area contributed by atoms with Gasteiger partial charge in [0.2, 0.25) is 0 Å². The van der Waals surface area contributed by atoms with E-state index in [2.05, 4.69) is 0 Å². The molecule has 1 rings (SSSR count). The monoisotopic (exact) mass is 128 g/mol. The summed E-state index contributed by atoms with van der Waals surface area (Å²) in [7, 11) is -1.95. The fraction of sp³-hybridized carbons (Fsp3) is 0.333. The van der Waals surface area contributed by atoms with E-state index in [-0.39, 0.29) is 0 Å². The molecule has 1 aliphatic rings. The van der Waals surface area contributed by atoms with E-state index in [9.17, 15) is 4.57 Å². The van der Waals surface area contributed by atoms with Crippen LogP contribution in [0.3, 0.4) is 0 Å². The van der Waals surface area contributed by atoms with Gasteiger partial charge in [-0.1, -0.05) is 12.2 Å². The Bertz CT molecular complexity index is 201. The molecule has 0 aliphatic carbocycles. The third-order valence-corrected chi connectivity index (χ3v) is 3.70. The van der Waals surface area contributed by atoms with E-state index in [0.717, 1.165) is 5.31 Å². The van der Waals surface area contributed by atoms with Gasteiger partial charge >= 0.3 is 0 Å². The third-order valence-electron chi connectivity index (χ3n) is 1.41. The molecule has 1 nitrogen and oxygen atoms in total. The van der Waals surface area contributed by atoms with Crippen LogP contribution in [-0.4, -0.2) is 6.66 Å². The van der Waals surface area contributed by atoms with Crippen LogP contribution in [0.4, 0.5) is 0 Å². The molecule has 1 unspecified atom stereocenters. The summed E-state index contributed by atoms with van der Waals surface area (Å²) in [4.78, 5) is 0. The lowest BCUT2D eigenvalue weighted by molar-refractivity contribution is 0.588. The highest BCUT2D eigenvalue weighted by atomic mass is 31.2. The van der Waals surface area contributed by atoms with Crippen molar-refractivity contribution in [3.8, 4) is 0 Å². The summed E-state index contributed by atoms with van der Waals surface area (Å²) in [5.74, 6) is 1.78. The zero-order valence-corrected chi connectivity index (χ0v) is 5.98. The normalized spacial score (nSPS) is 35.5. The lowest BCUT2D eigenvalue weighted by Gasteiger charge is -2.00. The average Bonchev–Trinajstić information content (AvgIpc) is 1.86. The van der Waals surface area contributed by atoms with Crippen molar-refractivity contribution in [3.05, 3.63) is 23.3 Å². The van der Waals surface area contributed by atoms with Crippen LogP contribution in [0.5, 0.6) is 0 Å². The summed E-state index contributed by atoms with van der Waals surface area (Å²) in [6, 6.07) is 0. The molecule has 44 valence electrons. The van der Waals surface area contributed by atoms with E-state index < -0.39 is 7.14 Å². The Kier molecular flexibility index (Phi) is 1.16. The Morgan fingerprint density at radius 2 is 2.25 bits per heavy atom. The van der Waals surface area contributed by atoms with Gasteiger partial charge in [0.15, 0.2) is 0 Å². The van der Waals surface area contributed by atoms with Gasteiger partial charge in [0.25, 0.3) is 0 Å². The molecule has 0 radical (unpaired) electrons. The van der Waals surface area contributed by atoms with Gasteiger partial charge in [0, 0.05) is 0 Å². The minimum Gasteiger partial charge on any atom is -0.315 e. The van der Waals surface area contributed by atoms with E-state index in [1.165, 1.54) is 0 Å². The van der Waals surface area contributed by atoms with Gasteiger partial charge in [-0.05, 0) is 24.7 Å². The maximum Gasteiger partial charge on any atom is 0.129 e. The van der Waals surface area contributed by atoms with Crippen LogP contribution in [0.25, 0.3) is 0 Å². The second-order valence-corrected chi connectivity index (χ2v) is 5.12. The van der Waals surface area contributed by atoms with Gasteiger partial charge in [0.1, 0.15) is 7.14 Å². The molecule has 8 heavy (non-hydrogen) atoms. The summed E-state index contributed by atoms with van der Waals surface area (Å²) < 4.78 is 11.2. The van der Waals surface area contributed by atoms with Crippen LogP contribution < -0.4 is 0 Å². The Morgan fingerprint density at radius 3 is 2.38 bits per heavy atom. The van der Waals surface area contributed by atoms with Crippen molar-refractivity contribution in [3.63, 3.8) is 0 Å². The van der Waals surface area contributed by atoms with E-state index in [4.69, 9.17) is 0 Å². The highest BCUT2D eigenvalue weighted by Gasteiger charge is 2.15.